The van der Waals surface area contributed by atoms with Crippen LogP contribution in [0.25, 0.3) is 0 Å². The first kappa shape index (κ1) is 9.18. The third-order valence-corrected chi connectivity index (χ3v) is 2.33. The molecule has 0 spiro atoms. The van der Waals surface area contributed by atoms with Crippen LogP contribution >= 0.6 is 0 Å². The van der Waals surface area contributed by atoms with E-state index in [-0.39, 0.29) is 0 Å². The predicted octanol–water partition coefficient (Wildman–Crippen LogP) is 1.25. The van der Waals surface area contributed by atoms with Gasteiger partial charge in [-0.1, -0.05) is 26.7 Å². The minimum Gasteiger partial charge on any atom is -0.425 e. The third kappa shape index (κ3) is 4.67. The van der Waals surface area contributed by atoms with Crippen LogP contribution in [0.15, 0.2) is 0 Å². The normalized spacial score (nSPS) is 14.0. The zero-order chi connectivity index (χ0) is 7.11. The second kappa shape index (κ2) is 6.30. The van der Waals surface area contributed by atoms with Crippen molar-refractivity contribution >= 4 is 10.5 Å². The monoisotopic (exact) mass is 146 g/mol. The van der Waals surface area contributed by atoms with Gasteiger partial charge >= 0.3 is 0 Å². The molecule has 0 saturated carbocycles. The van der Waals surface area contributed by atoms with Crippen LogP contribution in [0.2, 0.25) is 0 Å². The Morgan fingerprint density at radius 3 is 2.44 bits per heavy atom. The number of hydrogen-bond donors (Lipinski definition) is 0. The molecular formula is C7H18OSi. The Morgan fingerprint density at radius 1 is 1.44 bits per heavy atom. The van der Waals surface area contributed by atoms with Gasteiger partial charge in [0.2, 0.25) is 0 Å². The van der Waals surface area contributed by atoms with Crippen molar-refractivity contribution in [2.24, 2.45) is 0 Å². The molecule has 56 valence electrons. The lowest BCUT2D eigenvalue weighted by Gasteiger charge is -2.11. The Balaban J connectivity index is 3.09. The minimum absolute atomic E-state index is 0.566. The largest absolute Gasteiger partial charge is 0.425 e. The smallest absolute Gasteiger partial charge is 0.146 e. The van der Waals surface area contributed by atoms with Crippen LogP contribution in [0.5, 0.6) is 0 Å². The minimum atomic E-state index is 0.566. The molecule has 0 aromatic heterocycles. The van der Waals surface area contributed by atoms with E-state index < -0.39 is 0 Å². The van der Waals surface area contributed by atoms with Crippen LogP contribution in [0.3, 0.4) is 0 Å². The summed E-state index contributed by atoms with van der Waals surface area (Å²) in [5.41, 5.74) is 0. The van der Waals surface area contributed by atoms with Gasteiger partial charge in [0, 0.05) is 6.10 Å². The summed E-state index contributed by atoms with van der Waals surface area (Å²) in [4.78, 5) is 0. The number of unbranched alkanes of at least 4 members (excludes halogenated alkanes) is 1. The van der Waals surface area contributed by atoms with E-state index in [9.17, 15) is 0 Å². The number of hydrogen-bond acceptors (Lipinski definition) is 1. The molecule has 1 unspecified atom stereocenters. The van der Waals surface area contributed by atoms with E-state index in [0.717, 1.165) is 10.5 Å². The van der Waals surface area contributed by atoms with Crippen LogP contribution < -0.4 is 0 Å². The highest BCUT2D eigenvalue weighted by molar-refractivity contribution is 5.98. The quantitative estimate of drug-likeness (QED) is 0.530. The molecule has 1 atom stereocenters. The van der Waals surface area contributed by atoms with Crippen LogP contribution in [0.1, 0.15) is 39.5 Å². The topological polar surface area (TPSA) is 9.23 Å². The van der Waals surface area contributed by atoms with Gasteiger partial charge in [0.05, 0.1) is 0 Å². The number of rotatable bonds is 5. The molecule has 0 saturated heterocycles. The fourth-order valence-electron chi connectivity index (χ4n) is 0.920. The summed E-state index contributed by atoms with van der Waals surface area (Å²) in [5, 5.41) is 0. The van der Waals surface area contributed by atoms with Gasteiger partial charge in [-0.2, -0.15) is 0 Å². The molecule has 0 aromatic rings. The fourth-order valence-corrected chi connectivity index (χ4v) is 1.49. The van der Waals surface area contributed by atoms with Crippen molar-refractivity contribution in [1.29, 1.82) is 0 Å². The van der Waals surface area contributed by atoms with E-state index in [4.69, 9.17) is 4.43 Å². The molecule has 1 nitrogen and oxygen atoms in total. The highest BCUT2D eigenvalue weighted by Gasteiger charge is 2.00. The molecule has 0 fully saturated rings. The molecule has 0 aliphatic carbocycles. The Kier molecular flexibility index (Phi) is 6.42. The Morgan fingerprint density at radius 2 is 2.11 bits per heavy atom. The van der Waals surface area contributed by atoms with Crippen molar-refractivity contribution in [1.82, 2.24) is 0 Å². The zero-order valence-corrected chi connectivity index (χ0v) is 8.81. The fraction of sp³-hybridized carbons (Fsp3) is 1.00. The van der Waals surface area contributed by atoms with Gasteiger partial charge in [-0.05, 0) is 12.8 Å². The summed E-state index contributed by atoms with van der Waals surface area (Å²) in [7, 11) is 0.899. The molecule has 0 heterocycles. The maximum absolute atomic E-state index is 5.34. The zero-order valence-electron chi connectivity index (χ0n) is 6.81. The van der Waals surface area contributed by atoms with E-state index in [1.165, 1.54) is 25.7 Å². The lowest BCUT2D eigenvalue weighted by Crippen LogP contribution is -2.08. The molecule has 0 aromatic carbocycles. The standard InChI is InChI=1S/C7H18OSi/c1-3-5-6-7(4-2)8-9/h7H,3-6H2,1-2,9H3. The highest BCUT2D eigenvalue weighted by atomic mass is 28.2. The summed E-state index contributed by atoms with van der Waals surface area (Å²) in [5.74, 6) is 0. The van der Waals surface area contributed by atoms with Crippen molar-refractivity contribution in [2.45, 2.75) is 45.6 Å². The van der Waals surface area contributed by atoms with Crippen LogP contribution in [-0.4, -0.2) is 16.6 Å². The van der Waals surface area contributed by atoms with Gasteiger partial charge < -0.3 is 4.43 Å². The van der Waals surface area contributed by atoms with Crippen molar-refractivity contribution in [3.8, 4) is 0 Å². The average Bonchev–Trinajstić information content (AvgIpc) is 1.91. The van der Waals surface area contributed by atoms with Crippen molar-refractivity contribution in [3.63, 3.8) is 0 Å². The molecule has 2 heteroatoms. The predicted molar refractivity (Wildman–Crippen MR) is 44.6 cm³/mol. The molecule has 0 amide bonds. The maximum atomic E-state index is 5.34. The molecule has 0 bridgehead atoms. The first-order valence-electron chi connectivity index (χ1n) is 3.87. The second-order valence-corrected chi connectivity index (χ2v) is 2.88. The summed E-state index contributed by atoms with van der Waals surface area (Å²) in [6.07, 6.45) is 5.62. The average molecular weight is 146 g/mol. The van der Waals surface area contributed by atoms with Crippen molar-refractivity contribution in [2.75, 3.05) is 0 Å². The van der Waals surface area contributed by atoms with E-state index in [0.29, 0.717) is 6.10 Å². The molecule has 0 radical (unpaired) electrons. The lowest BCUT2D eigenvalue weighted by molar-refractivity contribution is 0.201. The molecule has 0 rings (SSSR count). The Labute approximate surface area is 61.3 Å². The lowest BCUT2D eigenvalue weighted by atomic mass is 10.1. The summed E-state index contributed by atoms with van der Waals surface area (Å²) in [6, 6.07) is 0. The van der Waals surface area contributed by atoms with Crippen molar-refractivity contribution in [3.05, 3.63) is 0 Å². The van der Waals surface area contributed by atoms with Crippen molar-refractivity contribution < 1.29 is 4.43 Å². The molecule has 9 heavy (non-hydrogen) atoms. The molecule has 0 N–H and O–H groups in total. The first-order valence-corrected chi connectivity index (χ1v) is 4.69. The van der Waals surface area contributed by atoms with Gasteiger partial charge in [0.1, 0.15) is 10.5 Å². The van der Waals surface area contributed by atoms with Gasteiger partial charge in [-0.3, -0.25) is 0 Å². The van der Waals surface area contributed by atoms with Gasteiger partial charge in [0.25, 0.3) is 0 Å². The van der Waals surface area contributed by atoms with E-state index in [1.54, 1.807) is 0 Å². The Hall–Kier alpha value is 0.177. The molecule has 0 aliphatic rings. The summed E-state index contributed by atoms with van der Waals surface area (Å²) >= 11 is 0. The van der Waals surface area contributed by atoms with Crippen LogP contribution in [0, 0.1) is 0 Å². The van der Waals surface area contributed by atoms with Crippen LogP contribution in [0.4, 0.5) is 0 Å². The maximum Gasteiger partial charge on any atom is 0.146 e. The van der Waals surface area contributed by atoms with Crippen LogP contribution in [-0.2, 0) is 4.43 Å². The molecule has 0 aliphatic heterocycles. The Bertz CT molecular complexity index is 52.9. The van der Waals surface area contributed by atoms with Gasteiger partial charge in [-0.15, -0.1) is 0 Å². The molecular weight excluding hydrogens is 128 g/mol. The third-order valence-electron chi connectivity index (χ3n) is 1.67. The highest BCUT2D eigenvalue weighted by Crippen LogP contribution is 2.05. The van der Waals surface area contributed by atoms with Gasteiger partial charge in [-0.25, -0.2) is 0 Å². The first-order chi connectivity index (χ1) is 4.35. The summed E-state index contributed by atoms with van der Waals surface area (Å²) < 4.78 is 5.34. The SMILES string of the molecule is CCCCC(CC)O[SiH3]. The van der Waals surface area contributed by atoms with E-state index in [1.807, 2.05) is 0 Å². The summed E-state index contributed by atoms with van der Waals surface area (Å²) in [6.45, 7) is 4.41. The van der Waals surface area contributed by atoms with Gasteiger partial charge in [0.15, 0.2) is 0 Å². The van der Waals surface area contributed by atoms with E-state index in [2.05, 4.69) is 13.8 Å². The van der Waals surface area contributed by atoms with E-state index >= 15 is 0 Å². The second-order valence-electron chi connectivity index (χ2n) is 2.41.